The highest BCUT2D eigenvalue weighted by Crippen LogP contribution is 2.35. The van der Waals surface area contributed by atoms with Crippen LogP contribution in [0.1, 0.15) is 29.3 Å². The molecule has 2 N–H and O–H groups in total. The van der Waals surface area contributed by atoms with Gasteiger partial charge in [-0.2, -0.15) is 0 Å². The zero-order valence-corrected chi connectivity index (χ0v) is 15.5. The minimum Gasteiger partial charge on any atom is -0.478 e. The van der Waals surface area contributed by atoms with Gasteiger partial charge in [0.05, 0.1) is 16.3 Å². The lowest BCUT2D eigenvalue weighted by molar-refractivity contribution is 0.0697. The molecule has 2 heterocycles. The maximum absolute atomic E-state index is 11.0. The Morgan fingerprint density at radius 2 is 1.81 bits per heavy atom. The van der Waals surface area contributed by atoms with E-state index in [1.807, 2.05) is 30.3 Å². The van der Waals surface area contributed by atoms with Crippen LogP contribution < -0.4 is 0 Å². The number of aromatic carboxylic acids is 1. The molecule has 0 aliphatic rings. The summed E-state index contributed by atoms with van der Waals surface area (Å²) in [5.41, 5.74) is 4.90. The zero-order valence-electron chi connectivity index (χ0n) is 14.8. The Balaban J connectivity index is 1.71. The molecule has 0 radical (unpaired) electrons. The van der Waals surface area contributed by atoms with Crippen LogP contribution in [0.5, 0.6) is 0 Å². The number of fused-ring (bicyclic) bond motifs is 1. The van der Waals surface area contributed by atoms with Crippen molar-refractivity contribution >= 4 is 28.5 Å². The molecule has 4 nitrogen and oxygen atoms in total. The molecule has 27 heavy (non-hydrogen) atoms. The number of aryl methyl sites for hydroxylation is 1. The van der Waals surface area contributed by atoms with Crippen LogP contribution in [0.25, 0.3) is 33.7 Å². The summed E-state index contributed by atoms with van der Waals surface area (Å²) >= 11 is 6.35. The van der Waals surface area contributed by atoms with Gasteiger partial charge < -0.3 is 14.5 Å². The lowest BCUT2D eigenvalue weighted by Crippen LogP contribution is -1.94. The van der Waals surface area contributed by atoms with E-state index < -0.39 is 5.97 Å². The molecule has 0 bridgehead atoms. The number of aromatic nitrogens is 1. The Morgan fingerprint density at radius 1 is 1.07 bits per heavy atom. The van der Waals surface area contributed by atoms with Crippen molar-refractivity contribution in [2.75, 3.05) is 0 Å². The molecule has 2 aromatic heterocycles. The zero-order chi connectivity index (χ0) is 19.0. The van der Waals surface area contributed by atoms with Crippen molar-refractivity contribution in [3.8, 4) is 22.7 Å². The van der Waals surface area contributed by atoms with Gasteiger partial charge in [-0.05, 0) is 53.9 Å². The highest BCUT2D eigenvalue weighted by Gasteiger charge is 2.14. The topological polar surface area (TPSA) is 66.2 Å². The predicted octanol–water partition coefficient (Wildman–Crippen LogP) is 6.40. The van der Waals surface area contributed by atoms with Crippen LogP contribution >= 0.6 is 11.6 Å². The van der Waals surface area contributed by atoms with Gasteiger partial charge >= 0.3 is 5.97 Å². The average Bonchev–Trinajstić information content (AvgIpc) is 3.32. The molecule has 2 aromatic carbocycles. The second-order valence-corrected chi connectivity index (χ2v) is 6.89. The number of hydrogen-bond acceptors (Lipinski definition) is 2. The van der Waals surface area contributed by atoms with E-state index in [0.29, 0.717) is 5.02 Å². The number of H-pyrrole nitrogens is 1. The number of rotatable bonds is 5. The van der Waals surface area contributed by atoms with Gasteiger partial charge in [0.15, 0.2) is 5.76 Å². The molecule has 0 aliphatic carbocycles. The highest BCUT2D eigenvalue weighted by molar-refractivity contribution is 6.35. The lowest BCUT2D eigenvalue weighted by Gasteiger charge is -2.01. The van der Waals surface area contributed by atoms with Gasteiger partial charge in [-0.1, -0.05) is 43.1 Å². The van der Waals surface area contributed by atoms with Crippen molar-refractivity contribution in [1.82, 2.24) is 4.98 Å². The molecule has 4 aromatic rings. The molecule has 0 atom stereocenters. The van der Waals surface area contributed by atoms with Crippen molar-refractivity contribution in [3.05, 3.63) is 70.7 Å². The standard InChI is InChI=1S/C22H18ClNO3/c1-2-3-14-8-9-17(23)16-12-20(27-21(14)16)19-11-10-18(24-19)13-4-6-15(7-5-13)22(25)26/h4-12,24H,2-3H2,1H3,(H,25,26). The molecule has 0 spiro atoms. The number of nitrogens with one attached hydrogen (secondary N) is 1. The molecule has 0 fully saturated rings. The van der Waals surface area contributed by atoms with E-state index in [9.17, 15) is 4.79 Å². The molecular formula is C22H18ClNO3. The quantitative estimate of drug-likeness (QED) is 0.421. The third kappa shape index (κ3) is 3.24. The summed E-state index contributed by atoms with van der Waals surface area (Å²) in [4.78, 5) is 14.3. The van der Waals surface area contributed by atoms with Crippen molar-refractivity contribution in [2.45, 2.75) is 19.8 Å². The lowest BCUT2D eigenvalue weighted by atomic mass is 10.1. The van der Waals surface area contributed by atoms with Gasteiger partial charge in [-0.15, -0.1) is 0 Å². The van der Waals surface area contributed by atoms with E-state index in [2.05, 4.69) is 11.9 Å². The second-order valence-electron chi connectivity index (χ2n) is 6.48. The number of hydrogen-bond donors (Lipinski definition) is 2. The number of carboxylic acids is 1. The number of benzene rings is 2. The van der Waals surface area contributed by atoms with Crippen LogP contribution in [0, 0.1) is 0 Å². The van der Waals surface area contributed by atoms with E-state index in [0.717, 1.165) is 52.1 Å². The first-order valence-electron chi connectivity index (χ1n) is 8.81. The average molecular weight is 380 g/mol. The summed E-state index contributed by atoms with van der Waals surface area (Å²) in [5, 5.41) is 10.6. The Bertz CT molecular complexity index is 1120. The van der Waals surface area contributed by atoms with E-state index >= 15 is 0 Å². The summed E-state index contributed by atoms with van der Waals surface area (Å²) in [7, 11) is 0. The minimum absolute atomic E-state index is 0.265. The van der Waals surface area contributed by atoms with Crippen LogP contribution in [0.3, 0.4) is 0 Å². The van der Waals surface area contributed by atoms with Gasteiger partial charge in [-0.3, -0.25) is 0 Å². The minimum atomic E-state index is -0.934. The fourth-order valence-electron chi connectivity index (χ4n) is 3.24. The van der Waals surface area contributed by atoms with Crippen molar-refractivity contribution < 1.29 is 14.3 Å². The fraction of sp³-hybridized carbons (Fsp3) is 0.136. The largest absolute Gasteiger partial charge is 0.478 e. The molecule has 0 saturated heterocycles. The van der Waals surface area contributed by atoms with Crippen molar-refractivity contribution in [2.24, 2.45) is 0 Å². The Labute approximate surface area is 161 Å². The number of carbonyl (C=O) groups is 1. The summed E-state index contributed by atoms with van der Waals surface area (Å²) in [6.07, 6.45) is 1.97. The maximum atomic E-state index is 11.0. The smallest absolute Gasteiger partial charge is 0.335 e. The summed E-state index contributed by atoms with van der Waals surface area (Å²) < 4.78 is 6.12. The summed E-state index contributed by atoms with van der Waals surface area (Å²) in [5.74, 6) is -0.209. The molecule has 4 rings (SSSR count). The first kappa shape index (κ1) is 17.4. The van der Waals surface area contributed by atoms with E-state index in [1.54, 1.807) is 24.3 Å². The van der Waals surface area contributed by atoms with Crippen LogP contribution in [0.4, 0.5) is 0 Å². The number of aromatic amines is 1. The first-order chi connectivity index (χ1) is 13.1. The Kier molecular flexibility index (Phi) is 4.50. The SMILES string of the molecule is CCCc1ccc(Cl)c2cc(-c3ccc(-c4ccc(C(=O)O)cc4)[nH]3)oc12. The summed E-state index contributed by atoms with van der Waals surface area (Å²) in [6.45, 7) is 2.14. The monoisotopic (exact) mass is 379 g/mol. The third-order valence-electron chi connectivity index (χ3n) is 4.63. The van der Waals surface area contributed by atoms with Gasteiger partial charge in [0, 0.05) is 11.1 Å². The third-order valence-corrected chi connectivity index (χ3v) is 4.96. The van der Waals surface area contributed by atoms with Gasteiger partial charge in [0.2, 0.25) is 0 Å². The predicted molar refractivity (Wildman–Crippen MR) is 107 cm³/mol. The normalized spacial score (nSPS) is 11.2. The molecular weight excluding hydrogens is 362 g/mol. The van der Waals surface area contributed by atoms with Crippen LogP contribution in [0.15, 0.2) is 59.0 Å². The summed E-state index contributed by atoms with van der Waals surface area (Å²) in [6, 6.07) is 16.6. The highest BCUT2D eigenvalue weighted by atomic mass is 35.5. The van der Waals surface area contributed by atoms with Crippen LogP contribution in [-0.4, -0.2) is 16.1 Å². The molecule has 136 valence electrons. The molecule has 0 amide bonds. The van der Waals surface area contributed by atoms with Crippen LogP contribution in [-0.2, 0) is 6.42 Å². The molecule has 0 unspecified atom stereocenters. The molecule has 0 saturated carbocycles. The van der Waals surface area contributed by atoms with Crippen LogP contribution in [0.2, 0.25) is 5.02 Å². The number of furan rings is 1. The number of carboxylic acid groups (broad SMARTS) is 1. The number of halogens is 1. The van der Waals surface area contributed by atoms with Gasteiger partial charge in [-0.25, -0.2) is 4.79 Å². The first-order valence-corrected chi connectivity index (χ1v) is 9.18. The maximum Gasteiger partial charge on any atom is 0.335 e. The Morgan fingerprint density at radius 3 is 2.52 bits per heavy atom. The van der Waals surface area contributed by atoms with E-state index in [4.69, 9.17) is 21.1 Å². The second kappa shape index (κ2) is 6.97. The molecule has 5 heteroatoms. The molecule has 0 aliphatic heterocycles. The van der Waals surface area contributed by atoms with Crippen molar-refractivity contribution in [3.63, 3.8) is 0 Å². The Hall–Kier alpha value is -2.98. The van der Waals surface area contributed by atoms with E-state index in [1.165, 1.54) is 0 Å². The van der Waals surface area contributed by atoms with Gasteiger partial charge in [0.25, 0.3) is 0 Å². The fourth-order valence-corrected chi connectivity index (χ4v) is 3.45. The van der Waals surface area contributed by atoms with E-state index in [-0.39, 0.29) is 5.56 Å². The van der Waals surface area contributed by atoms with Gasteiger partial charge in [0.1, 0.15) is 5.58 Å². The van der Waals surface area contributed by atoms with Crippen molar-refractivity contribution in [1.29, 1.82) is 0 Å².